The van der Waals surface area contributed by atoms with E-state index in [0.29, 0.717) is 0 Å². The fraction of sp³-hybridized carbons (Fsp3) is 0.429. The van der Waals surface area contributed by atoms with Gasteiger partial charge in [-0.25, -0.2) is 4.98 Å². The molecule has 0 saturated heterocycles. The molecule has 0 aliphatic heterocycles. The maximum atomic E-state index is 4.59. The van der Waals surface area contributed by atoms with Crippen LogP contribution in [0.3, 0.4) is 0 Å². The van der Waals surface area contributed by atoms with Gasteiger partial charge in [-0.1, -0.05) is 19.9 Å². The van der Waals surface area contributed by atoms with E-state index in [4.69, 9.17) is 0 Å². The van der Waals surface area contributed by atoms with Crippen LogP contribution in [0.15, 0.2) is 29.8 Å². The highest BCUT2D eigenvalue weighted by atomic mass is 32.1. The molecule has 3 nitrogen and oxygen atoms in total. The van der Waals surface area contributed by atoms with Crippen molar-refractivity contribution in [2.75, 3.05) is 6.54 Å². The van der Waals surface area contributed by atoms with Gasteiger partial charge in [-0.05, 0) is 31.0 Å². The first kappa shape index (κ1) is 13.2. The molecule has 1 N–H and O–H groups in total. The Hall–Kier alpha value is -1.26. The largest absolute Gasteiger partial charge is 0.311 e. The maximum Gasteiger partial charge on any atom is 0.142 e. The summed E-state index contributed by atoms with van der Waals surface area (Å²) in [6, 6.07) is 5.91. The molecule has 0 aromatic carbocycles. The minimum Gasteiger partial charge on any atom is -0.311 e. The summed E-state index contributed by atoms with van der Waals surface area (Å²) in [7, 11) is 0. The van der Waals surface area contributed by atoms with E-state index >= 15 is 0 Å². The first-order valence-electron chi connectivity index (χ1n) is 6.32. The number of nitrogens with zero attached hydrogens (tertiary/aromatic N) is 2. The van der Waals surface area contributed by atoms with Crippen molar-refractivity contribution in [3.8, 4) is 10.7 Å². The predicted octanol–water partition coefficient (Wildman–Crippen LogP) is 3.34. The highest BCUT2D eigenvalue weighted by Gasteiger charge is 2.04. The Morgan fingerprint density at radius 2 is 2.22 bits per heavy atom. The van der Waals surface area contributed by atoms with Crippen molar-refractivity contribution < 1.29 is 0 Å². The molecule has 0 fully saturated rings. The lowest BCUT2D eigenvalue weighted by Crippen LogP contribution is -2.16. The summed E-state index contributed by atoms with van der Waals surface area (Å²) in [6.07, 6.45) is 3.01. The van der Waals surface area contributed by atoms with Crippen LogP contribution in [0.2, 0.25) is 0 Å². The van der Waals surface area contributed by atoms with Gasteiger partial charge in [0.2, 0.25) is 0 Å². The fourth-order valence-electron chi connectivity index (χ4n) is 1.60. The van der Waals surface area contributed by atoms with Crippen LogP contribution in [0.1, 0.15) is 26.0 Å². The molecule has 4 heteroatoms. The minimum absolute atomic E-state index is 0.747. The highest BCUT2D eigenvalue weighted by Crippen LogP contribution is 2.21. The third kappa shape index (κ3) is 3.89. The molecule has 0 spiro atoms. The van der Waals surface area contributed by atoms with E-state index < -0.39 is 0 Å². The van der Waals surface area contributed by atoms with Gasteiger partial charge < -0.3 is 5.32 Å². The van der Waals surface area contributed by atoms with E-state index in [0.717, 1.165) is 35.4 Å². The molecule has 0 aliphatic carbocycles. The van der Waals surface area contributed by atoms with E-state index in [1.807, 2.05) is 18.2 Å². The van der Waals surface area contributed by atoms with Crippen LogP contribution in [0, 0.1) is 5.92 Å². The molecule has 0 aliphatic rings. The monoisotopic (exact) mass is 261 g/mol. The van der Waals surface area contributed by atoms with Gasteiger partial charge in [0.15, 0.2) is 0 Å². The number of pyridine rings is 1. The second kappa shape index (κ2) is 6.61. The van der Waals surface area contributed by atoms with E-state index in [9.17, 15) is 0 Å². The SMILES string of the molecule is CC(C)CCNCc1csc(-c2ccccn2)n1. The zero-order valence-corrected chi connectivity index (χ0v) is 11.7. The number of thiazole rings is 1. The Morgan fingerprint density at radius 1 is 1.33 bits per heavy atom. The summed E-state index contributed by atoms with van der Waals surface area (Å²) < 4.78 is 0. The Labute approximate surface area is 112 Å². The molecule has 0 bridgehead atoms. The van der Waals surface area contributed by atoms with Crippen molar-refractivity contribution in [2.24, 2.45) is 5.92 Å². The highest BCUT2D eigenvalue weighted by molar-refractivity contribution is 7.13. The number of hydrogen-bond donors (Lipinski definition) is 1. The number of hydrogen-bond acceptors (Lipinski definition) is 4. The first-order valence-corrected chi connectivity index (χ1v) is 7.20. The second-order valence-electron chi connectivity index (χ2n) is 4.72. The van der Waals surface area contributed by atoms with Crippen LogP contribution in [0.5, 0.6) is 0 Å². The van der Waals surface area contributed by atoms with Gasteiger partial charge in [-0.3, -0.25) is 4.98 Å². The normalized spacial score (nSPS) is 11.1. The molecule has 0 unspecified atom stereocenters. The van der Waals surface area contributed by atoms with E-state index in [1.54, 1.807) is 17.5 Å². The average molecular weight is 261 g/mol. The summed E-state index contributed by atoms with van der Waals surface area (Å²) >= 11 is 1.65. The van der Waals surface area contributed by atoms with Crippen molar-refractivity contribution in [2.45, 2.75) is 26.8 Å². The summed E-state index contributed by atoms with van der Waals surface area (Å²) in [5.41, 5.74) is 2.06. The number of nitrogens with one attached hydrogen (secondary N) is 1. The summed E-state index contributed by atoms with van der Waals surface area (Å²) in [5, 5.41) is 6.52. The molecule has 2 aromatic heterocycles. The lowest BCUT2D eigenvalue weighted by atomic mass is 10.1. The van der Waals surface area contributed by atoms with Gasteiger partial charge in [-0.15, -0.1) is 11.3 Å². The van der Waals surface area contributed by atoms with E-state index in [1.165, 1.54) is 6.42 Å². The maximum absolute atomic E-state index is 4.59. The second-order valence-corrected chi connectivity index (χ2v) is 5.58. The van der Waals surface area contributed by atoms with Crippen LogP contribution in [-0.4, -0.2) is 16.5 Å². The summed E-state index contributed by atoms with van der Waals surface area (Å²) in [4.78, 5) is 8.90. The Morgan fingerprint density at radius 3 is 2.94 bits per heavy atom. The molecule has 2 aromatic rings. The van der Waals surface area contributed by atoms with Crippen molar-refractivity contribution >= 4 is 11.3 Å². The van der Waals surface area contributed by atoms with Crippen LogP contribution in [0.25, 0.3) is 10.7 Å². The zero-order chi connectivity index (χ0) is 12.8. The Bertz CT molecular complexity index is 465. The molecular weight excluding hydrogens is 242 g/mol. The molecule has 0 radical (unpaired) electrons. The smallest absolute Gasteiger partial charge is 0.142 e. The van der Waals surface area contributed by atoms with Gasteiger partial charge >= 0.3 is 0 Å². The minimum atomic E-state index is 0.747. The van der Waals surface area contributed by atoms with E-state index in [2.05, 4.69) is 34.5 Å². The van der Waals surface area contributed by atoms with Gasteiger partial charge in [0.05, 0.1) is 11.4 Å². The lowest BCUT2D eigenvalue weighted by molar-refractivity contribution is 0.535. The molecule has 0 atom stereocenters. The van der Waals surface area contributed by atoms with Crippen LogP contribution in [0.4, 0.5) is 0 Å². The molecule has 0 amide bonds. The van der Waals surface area contributed by atoms with Gasteiger partial charge in [0.25, 0.3) is 0 Å². The van der Waals surface area contributed by atoms with Crippen molar-refractivity contribution in [3.05, 3.63) is 35.5 Å². The Kier molecular flexibility index (Phi) is 4.84. The third-order valence-electron chi connectivity index (χ3n) is 2.64. The van der Waals surface area contributed by atoms with Gasteiger partial charge in [-0.2, -0.15) is 0 Å². The van der Waals surface area contributed by atoms with E-state index in [-0.39, 0.29) is 0 Å². The topological polar surface area (TPSA) is 37.8 Å². The number of aromatic nitrogens is 2. The molecule has 2 heterocycles. The van der Waals surface area contributed by atoms with Crippen molar-refractivity contribution in [1.82, 2.24) is 15.3 Å². The summed E-state index contributed by atoms with van der Waals surface area (Å²) in [6.45, 7) is 6.37. The zero-order valence-electron chi connectivity index (χ0n) is 10.9. The standard InChI is InChI=1S/C14H19N3S/c1-11(2)6-8-15-9-12-10-18-14(17-12)13-5-3-4-7-16-13/h3-5,7,10-11,15H,6,8-9H2,1-2H3. The Balaban J connectivity index is 1.87. The molecule has 18 heavy (non-hydrogen) atoms. The predicted molar refractivity (Wildman–Crippen MR) is 76.5 cm³/mol. The molecule has 2 rings (SSSR count). The summed E-state index contributed by atoms with van der Waals surface area (Å²) in [5.74, 6) is 0.747. The molecule has 96 valence electrons. The van der Waals surface area contributed by atoms with Crippen molar-refractivity contribution in [1.29, 1.82) is 0 Å². The fourth-order valence-corrected chi connectivity index (χ4v) is 2.40. The lowest BCUT2D eigenvalue weighted by Gasteiger charge is -2.04. The van der Waals surface area contributed by atoms with Crippen LogP contribution >= 0.6 is 11.3 Å². The van der Waals surface area contributed by atoms with Gasteiger partial charge in [0, 0.05) is 18.1 Å². The van der Waals surface area contributed by atoms with Crippen LogP contribution < -0.4 is 5.32 Å². The molecular formula is C14H19N3S. The quantitative estimate of drug-likeness (QED) is 0.810. The van der Waals surface area contributed by atoms with Crippen LogP contribution in [-0.2, 0) is 6.54 Å². The van der Waals surface area contributed by atoms with Crippen molar-refractivity contribution in [3.63, 3.8) is 0 Å². The first-order chi connectivity index (χ1) is 8.75. The number of rotatable bonds is 6. The third-order valence-corrected chi connectivity index (χ3v) is 3.55. The average Bonchev–Trinajstić information content (AvgIpc) is 2.84. The van der Waals surface area contributed by atoms with Gasteiger partial charge in [0.1, 0.15) is 5.01 Å². The molecule has 0 saturated carbocycles.